The van der Waals surface area contributed by atoms with Crippen molar-refractivity contribution in [1.29, 1.82) is 0 Å². The minimum Gasteiger partial charge on any atom is -0.504 e. The van der Waals surface area contributed by atoms with Gasteiger partial charge in [0.25, 0.3) is 0 Å². The maximum Gasteiger partial charge on any atom is 0.352 e. The molecule has 6 rings (SSSR count). The number of ether oxygens (including phenoxy) is 3. The van der Waals surface area contributed by atoms with Gasteiger partial charge < -0.3 is 29.3 Å². The van der Waals surface area contributed by atoms with E-state index in [4.69, 9.17) is 14.2 Å². The second-order valence-electron chi connectivity index (χ2n) is 11.2. The Bertz CT molecular complexity index is 1320. The summed E-state index contributed by atoms with van der Waals surface area (Å²) in [5.74, 6) is -0.967. The number of benzene rings is 2. The van der Waals surface area contributed by atoms with Crippen LogP contribution in [0, 0.1) is 5.92 Å². The topological polar surface area (TPSA) is 106 Å². The molecule has 2 N–H and O–H groups in total. The van der Waals surface area contributed by atoms with Gasteiger partial charge in [-0.15, -0.1) is 0 Å². The number of phenols is 1. The van der Waals surface area contributed by atoms with Crippen LogP contribution in [-0.4, -0.2) is 64.5 Å². The smallest absolute Gasteiger partial charge is 0.352 e. The third-order valence-corrected chi connectivity index (χ3v) is 8.98. The zero-order chi connectivity index (χ0) is 26.8. The van der Waals surface area contributed by atoms with E-state index in [2.05, 4.69) is 4.90 Å². The van der Waals surface area contributed by atoms with Gasteiger partial charge in [0, 0.05) is 18.0 Å². The number of likely N-dealkylation sites (tertiary alicyclic amines) is 1. The lowest BCUT2D eigenvalue weighted by molar-refractivity contribution is -0.176. The van der Waals surface area contributed by atoms with Crippen molar-refractivity contribution in [3.8, 4) is 11.5 Å². The largest absolute Gasteiger partial charge is 0.504 e. The molecule has 8 heteroatoms. The Kier molecular flexibility index (Phi) is 5.81. The molecule has 2 aliphatic heterocycles. The minimum atomic E-state index is -1.14. The summed E-state index contributed by atoms with van der Waals surface area (Å²) in [6, 6.07) is 13.0. The summed E-state index contributed by atoms with van der Waals surface area (Å²) in [7, 11) is 2.01. The van der Waals surface area contributed by atoms with Gasteiger partial charge in [0.05, 0.1) is 16.9 Å². The van der Waals surface area contributed by atoms with Crippen molar-refractivity contribution in [2.45, 2.75) is 68.8 Å². The van der Waals surface area contributed by atoms with E-state index in [1.807, 2.05) is 43.4 Å². The van der Waals surface area contributed by atoms with Crippen molar-refractivity contribution < 1.29 is 34.0 Å². The van der Waals surface area contributed by atoms with Gasteiger partial charge in [-0.05, 0) is 63.0 Å². The Labute approximate surface area is 221 Å². The van der Waals surface area contributed by atoms with Gasteiger partial charge in [0.1, 0.15) is 5.76 Å². The first kappa shape index (κ1) is 24.9. The Balaban J connectivity index is 1.23. The average Bonchev–Trinajstić information content (AvgIpc) is 3.26. The first-order valence-corrected chi connectivity index (χ1v) is 13.3. The molecule has 0 radical (unpaired) electrons. The number of carbonyl (C=O) groups excluding carboxylic acids is 2. The normalized spacial score (nSPS) is 30.4. The van der Waals surface area contributed by atoms with Gasteiger partial charge in [-0.2, -0.15) is 0 Å². The van der Waals surface area contributed by atoms with Crippen LogP contribution in [0.1, 0.15) is 43.4 Å². The number of hydrogen-bond donors (Lipinski definition) is 2. The van der Waals surface area contributed by atoms with Gasteiger partial charge in [-0.1, -0.05) is 43.3 Å². The zero-order valence-corrected chi connectivity index (χ0v) is 21.8. The van der Waals surface area contributed by atoms with Crippen LogP contribution in [0.2, 0.25) is 0 Å². The lowest BCUT2D eigenvalue weighted by atomic mass is 9.50. The first-order chi connectivity index (χ1) is 18.2. The molecule has 1 saturated heterocycles. The number of likely N-dealkylation sites (N-methyl/N-ethyl adjacent to an activating group) is 1. The minimum absolute atomic E-state index is 0.00707. The van der Waals surface area contributed by atoms with Gasteiger partial charge in [0.15, 0.2) is 23.7 Å². The van der Waals surface area contributed by atoms with E-state index in [0.29, 0.717) is 25.0 Å². The van der Waals surface area contributed by atoms with Crippen LogP contribution >= 0.6 is 0 Å². The molecule has 200 valence electrons. The average molecular weight is 520 g/mol. The number of aromatic hydroxyl groups is 1. The molecule has 1 fully saturated rings. The molecular formula is C30H33NO7. The molecule has 1 spiro atoms. The van der Waals surface area contributed by atoms with Gasteiger partial charge in [-0.3, -0.25) is 4.79 Å². The summed E-state index contributed by atoms with van der Waals surface area (Å²) < 4.78 is 17.6. The fourth-order valence-electron chi connectivity index (χ4n) is 7.03. The molecule has 2 aliphatic carbocycles. The van der Waals surface area contributed by atoms with Gasteiger partial charge in [0.2, 0.25) is 0 Å². The number of rotatable bonds is 6. The molecule has 4 aliphatic rings. The number of carbonyl (C=O) groups is 2. The van der Waals surface area contributed by atoms with Crippen molar-refractivity contribution in [2.75, 3.05) is 13.6 Å². The van der Waals surface area contributed by atoms with E-state index in [1.54, 1.807) is 19.1 Å². The monoisotopic (exact) mass is 519 g/mol. The van der Waals surface area contributed by atoms with Crippen LogP contribution in [-0.2, 0) is 37.3 Å². The van der Waals surface area contributed by atoms with Gasteiger partial charge in [-0.25, -0.2) is 4.79 Å². The van der Waals surface area contributed by atoms with E-state index in [-0.39, 0.29) is 24.0 Å². The van der Waals surface area contributed by atoms with Crippen LogP contribution in [0.25, 0.3) is 0 Å². The van der Waals surface area contributed by atoms with Gasteiger partial charge >= 0.3 is 11.9 Å². The molecule has 2 bridgehead atoms. The van der Waals surface area contributed by atoms with Crippen molar-refractivity contribution >= 4 is 11.9 Å². The summed E-state index contributed by atoms with van der Waals surface area (Å²) in [5.41, 5.74) is 0.877. The lowest BCUT2D eigenvalue weighted by Crippen LogP contribution is -2.74. The molecule has 2 unspecified atom stereocenters. The van der Waals surface area contributed by atoms with E-state index >= 15 is 0 Å². The Morgan fingerprint density at radius 2 is 1.92 bits per heavy atom. The van der Waals surface area contributed by atoms with Crippen molar-refractivity contribution in [1.82, 2.24) is 4.90 Å². The van der Waals surface area contributed by atoms with Crippen LogP contribution in [0.5, 0.6) is 11.5 Å². The molecule has 8 nitrogen and oxygen atoms in total. The van der Waals surface area contributed by atoms with Crippen LogP contribution in [0.3, 0.4) is 0 Å². The van der Waals surface area contributed by atoms with Crippen LogP contribution in [0.4, 0.5) is 0 Å². The third kappa shape index (κ3) is 3.50. The number of esters is 2. The van der Waals surface area contributed by atoms with E-state index in [9.17, 15) is 19.8 Å². The van der Waals surface area contributed by atoms with E-state index in [1.165, 1.54) is 6.92 Å². The Morgan fingerprint density at radius 1 is 1.16 bits per heavy atom. The highest BCUT2D eigenvalue weighted by Gasteiger charge is 2.72. The number of nitrogens with zero attached hydrogens (tertiary/aromatic N) is 1. The predicted molar refractivity (Wildman–Crippen MR) is 138 cm³/mol. The molecule has 0 saturated carbocycles. The summed E-state index contributed by atoms with van der Waals surface area (Å²) in [5, 5.41) is 22.8. The van der Waals surface area contributed by atoms with Crippen molar-refractivity contribution in [2.24, 2.45) is 5.92 Å². The molecule has 2 aromatic carbocycles. The summed E-state index contributed by atoms with van der Waals surface area (Å²) >= 11 is 0. The first-order valence-electron chi connectivity index (χ1n) is 13.3. The molecule has 0 amide bonds. The Morgan fingerprint density at radius 3 is 2.68 bits per heavy atom. The second kappa shape index (κ2) is 8.85. The highest BCUT2D eigenvalue weighted by molar-refractivity contribution is 5.81. The van der Waals surface area contributed by atoms with E-state index < -0.39 is 41.1 Å². The molecule has 2 heterocycles. The van der Waals surface area contributed by atoms with Crippen molar-refractivity contribution in [3.05, 3.63) is 71.0 Å². The molecule has 0 aromatic heterocycles. The molecule has 6 atom stereocenters. The van der Waals surface area contributed by atoms with E-state index in [0.717, 1.165) is 23.2 Å². The lowest BCUT2D eigenvalue weighted by Gasteiger charge is -2.61. The van der Waals surface area contributed by atoms with Crippen molar-refractivity contribution in [3.63, 3.8) is 0 Å². The fraction of sp³-hybridized carbons (Fsp3) is 0.467. The summed E-state index contributed by atoms with van der Waals surface area (Å²) in [6.45, 7) is 3.99. The summed E-state index contributed by atoms with van der Waals surface area (Å²) in [6.07, 6.45) is 1.83. The SMILES string of the molecule is C[C@H](OC(=O)[C@@H](C)Cc1ccccc1)C(=O)OC1=CC[C@@]2(O)[C@H]3Cc4ccc(O)c5c4C2(CCN3C)C1O5. The molecule has 38 heavy (non-hydrogen) atoms. The predicted octanol–water partition coefficient (Wildman–Crippen LogP) is 3.02. The fourth-order valence-corrected chi connectivity index (χ4v) is 7.03. The molecular weight excluding hydrogens is 486 g/mol. The third-order valence-electron chi connectivity index (χ3n) is 8.98. The quantitative estimate of drug-likeness (QED) is 0.562. The van der Waals surface area contributed by atoms with Crippen LogP contribution in [0.15, 0.2) is 54.3 Å². The molecule has 2 aromatic rings. The highest BCUT2D eigenvalue weighted by Crippen LogP contribution is 2.65. The standard InChI is InChI=1S/C30H33NO7/c1-17(15-19-7-5-4-6-8-19)27(33)36-18(2)28(34)37-22-11-12-30(35)23-16-20-9-10-21(32)25-24(20)29(30,26(22)38-25)13-14-31(23)3/h4-11,17-18,23,26,32,35H,12-16H2,1-3H3/t17-,18-,23+,26?,29?,30+/m0/s1. The second-order valence-corrected chi connectivity index (χ2v) is 11.2. The maximum absolute atomic E-state index is 13.1. The summed E-state index contributed by atoms with van der Waals surface area (Å²) in [4.78, 5) is 28.0. The zero-order valence-electron chi connectivity index (χ0n) is 21.8. The number of aliphatic hydroxyl groups is 1. The van der Waals surface area contributed by atoms with Crippen LogP contribution < -0.4 is 4.74 Å². The number of phenolic OH excluding ortho intramolecular Hbond substituents is 1. The maximum atomic E-state index is 13.1. The Hall–Kier alpha value is -3.36. The number of piperidine rings is 1. The highest BCUT2D eigenvalue weighted by atomic mass is 16.6. The number of hydrogen-bond acceptors (Lipinski definition) is 8.